The average Bonchev–Trinajstić information content (AvgIpc) is 2.67. The Bertz CT molecular complexity index is 1100. The number of pyridine rings is 2. The number of hydrogen-bond acceptors (Lipinski definition) is 2. The van der Waals surface area contributed by atoms with E-state index in [1.807, 2.05) is 30.5 Å². The van der Waals surface area contributed by atoms with E-state index in [0.717, 1.165) is 35.1 Å². The third-order valence-electron chi connectivity index (χ3n) is 5.17. The van der Waals surface area contributed by atoms with Gasteiger partial charge in [0.1, 0.15) is 5.82 Å². The van der Waals surface area contributed by atoms with Gasteiger partial charge >= 0.3 is 0 Å². The molecule has 0 aliphatic heterocycles. The zero-order valence-corrected chi connectivity index (χ0v) is 13.8. The minimum absolute atomic E-state index is 0.213. The Balaban J connectivity index is 1.89. The van der Waals surface area contributed by atoms with E-state index < -0.39 is 0 Å². The normalized spacial score (nSPS) is 14.0. The number of nitrogens with zero attached hydrogens (tertiary/aromatic N) is 2. The van der Waals surface area contributed by atoms with Crippen LogP contribution in [0.2, 0.25) is 0 Å². The second-order valence-electron chi connectivity index (χ2n) is 6.66. The molecule has 25 heavy (non-hydrogen) atoms. The molecule has 0 spiro atoms. The van der Waals surface area contributed by atoms with Gasteiger partial charge in [0.25, 0.3) is 0 Å². The molecule has 0 amide bonds. The van der Waals surface area contributed by atoms with Gasteiger partial charge in [0.15, 0.2) is 0 Å². The summed E-state index contributed by atoms with van der Waals surface area (Å²) in [6.07, 6.45) is 6.31. The van der Waals surface area contributed by atoms with Crippen LogP contribution in [0.1, 0.15) is 24.0 Å². The lowest BCUT2D eigenvalue weighted by Crippen LogP contribution is -2.08. The molecule has 122 valence electrons. The van der Waals surface area contributed by atoms with Crippen LogP contribution in [0.25, 0.3) is 33.1 Å². The van der Waals surface area contributed by atoms with E-state index in [1.165, 1.54) is 46.9 Å². The van der Waals surface area contributed by atoms with E-state index in [4.69, 9.17) is 4.98 Å². The van der Waals surface area contributed by atoms with Crippen LogP contribution in [0.3, 0.4) is 0 Å². The highest BCUT2D eigenvalue weighted by Gasteiger charge is 2.20. The second kappa shape index (κ2) is 5.62. The van der Waals surface area contributed by atoms with Gasteiger partial charge in [-0.1, -0.05) is 6.07 Å². The van der Waals surface area contributed by atoms with Crippen molar-refractivity contribution in [2.24, 2.45) is 0 Å². The van der Waals surface area contributed by atoms with E-state index in [9.17, 15) is 4.39 Å². The fraction of sp³-hybridized carbons (Fsp3) is 0.182. The molecule has 0 N–H and O–H groups in total. The number of rotatable bonds is 1. The number of aromatic nitrogens is 2. The first-order chi connectivity index (χ1) is 12.3. The van der Waals surface area contributed by atoms with Gasteiger partial charge < -0.3 is 0 Å². The molecule has 0 saturated heterocycles. The van der Waals surface area contributed by atoms with Crippen molar-refractivity contribution in [2.75, 3.05) is 0 Å². The highest BCUT2D eigenvalue weighted by atomic mass is 19.1. The summed E-state index contributed by atoms with van der Waals surface area (Å²) in [6.45, 7) is 0. The summed E-state index contributed by atoms with van der Waals surface area (Å²) in [6, 6.07) is 14.9. The fourth-order valence-corrected chi connectivity index (χ4v) is 4.03. The summed E-state index contributed by atoms with van der Waals surface area (Å²) in [5.74, 6) is -0.213. The molecule has 2 nitrogen and oxygen atoms in total. The Labute approximate surface area is 145 Å². The Morgan fingerprint density at radius 1 is 0.800 bits per heavy atom. The smallest absolute Gasteiger partial charge is 0.123 e. The minimum atomic E-state index is -0.213. The van der Waals surface area contributed by atoms with Gasteiger partial charge in [-0.2, -0.15) is 0 Å². The van der Waals surface area contributed by atoms with E-state index >= 15 is 0 Å². The summed E-state index contributed by atoms with van der Waals surface area (Å²) >= 11 is 0. The van der Waals surface area contributed by atoms with Crippen LogP contribution in [0, 0.1) is 5.82 Å². The molecule has 3 heteroatoms. The van der Waals surface area contributed by atoms with Crippen LogP contribution in [0.15, 0.2) is 54.7 Å². The van der Waals surface area contributed by atoms with Crippen LogP contribution in [-0.4, -0.2) is 9.97 Å². The van der Waals surface area contributed by atoms with E-state index in [1.54, 1.807) is 0 Å². The number of halogens is 1. The number of benzene rings is 2. The Morgan fingerprint density at radius 3 is 2.40 bits per heavy atom. The molecule has 1 aliphatic rings. The van der Waals surface area contributed by atoms with Gasteiger partial charge in [0.2, 0.25) is 0 Å². The molecule has 0 fully saturated rings. The van der Waals surface area contributed by atoms with Crippen molar-refractivity contribution in [3.8, 4) is 11.3 Å². The Kier molecular flexibility index (Phi) is 3.27. The summed E-state index contributed by atoms with van der Waals surface area (Å²) in [4.78, 5) is 9.49. The SMILES string of the molecule is Fc1ccc(-c2nc3ccc4ncccc4c3c3c2CCCC3)cc1. The molecule has 0 unspecified atom stereocenters. The molecular formula is C22H17FN2. The zero-order chi connectivity index (χ0) is 16.8. The predicted molar refractivity (Wildman–Crippen MR) is 99.1 cm³/mol. The monoisotopic (exact) mass is 328 g/mol. The predicted octanol–water partition coefficient (Wildman–Crippen LogP) is 5.47. The summed E-state index contributed by atoms with van der Waals surface area (Å²) < 4.78 is 13.3. The summed E-state index contributed by atoms with van der Waals surface area (Å²) in [5.41, 5.74) is 6.73. The van der Waals surface area contributed by atoms with Gasteiger partial charge in [-0.05, 0) is 79.3 Å². The standard InChI is InChI=1S/C22H17FN2/c23-15-9-7-14(8-10-15)22-17-5-2-1-4-16(17)21-18-6-3-13-24-19(18)11-12-20(21)25-22/h3,6-13H,1-2,4-5H2. The minimum Gasteiger partial charge on any atom is -0.256 e. The lowest BCUT2D eigenvalue weighted by Gasteiger charge is -2.22. The molecule has 2 aromatic heterocycles. The van der Waals surface area contributed by atoms with Crippen LogP contribution in [0.4, 0.5) is 4.39 Å². The lowest BCUT2D eigenvalue weighted by atomic mass is 9.85. The van der Waals surface area contributed by atoms with E-state index in [2.05, 4.69) is 17.1 Å². The van der Waals surface area contributed by atoms with Crippen molar-refractivity contribution in [1.82, 2.24) is 9.97 Å². The maximum atomic E-state index is 13.3. The van der Waals surface area contributed by atoms with Crippen LogP contribution >= 0.6 is 0 Å². The first kappa shape index (κ1) is 14.5. The van der Waals surface area contributed by atoms with Gasteiger partial charge in [0, 0.05) is 22.5 Å². The third-order valence-corrected chi connectivity index (χ3v) is 5.17. The molecule has 0 atom stereocenters. The molecule has 0 radical (unpaired) electrons. The van der Waals surface area contributed by atoms with Crippen molar-refractivity contribution >= 4 is 21.8 Å². The first-order valence-electron chi connectivity index (χ1n) is 8.76. The number of fused-ring (bicyclic) bond motifs is 5. The molecule has 0 bridgehead atoms. The van der Waals surface area contributed by atoms with Gasteiger partial charge in [-0.25, -0.2) is 9.37 Å². The van der Waals surface area contributed by atoms with E-state index in [-0.39, 0.29) is 5.82 Å². The molecule has 0 saturated carbocycles. The molecule has 2 aromatic carbocycles. The molecular weight excluding hydrogens is 311 g/mol. The third kappa shape index (κ3) is 2.30. The largest absolute Gasteiger partial charge is 0.256 e. The average molecular weight is 328 g/mol. The number of hydrogen-bond donors (Lipinski definition) is 0. The topological polar surface area (TPSA) is 25.8 Å². The number of aryl methyl sites for hydroxylation is 1. The van der Waals surface area contributed by atoms with Gasteiger partial charge in [0.05, 0.1) is 16.7 Å². The zero-order valence-electron chi connectivity index (χ0n) is 13.8. The molecule has 5 rings (SSSR count). The first-order valence-corrected chi connectivity index (χ1v) is 8.76. The lowest BCUT2D eigenvalue weighted by molar-refractivity contribution is 0.628. The summed E-state index contributed by atoms with van der Waals surface area (Å²) in [7, 11) is 0. The van der Waals surface area contributed by atoms with Crippen molar-refractivity contribution in [2.45, 2.75) is 25.7 Å². The van der Waals surface area contributed by atoms with Crippen molar-refractivity contribution in [3.05, 3.63) is 71.7 Å². The van der Waals surface area contributed by atoms with Crippen LogP contribution in [0.5, 0.6) is 0 Å². The van der Waals surface area contributed by atoms with Gasteiger partial charge in [-0.15, -0.1) is 0 Å². The Morgan fingerprint density at radius 2 is 1.56 bits per heavy atom. The van der Waals surface area contributed by atoms with Crippen molar-refractivity contribution < 1.29 is 4.39 Å². The Hall–Kier alpha value is -2.81. The highest BCUT2D eigenvalue weighted by molar-refractivity contribution is 6.07. The van der Waals surface area contributed by atoms with Crippen LogP contribution < -0.4 is 0 Å². The van der Waals surface area contributed by atoms with Gasteiger partial charge in [-0.3, -0.25) is 4.98 Å². The molecule has 4 aromatic rings. The molecule has 2 heterocycles. The maximum Gasteiger partial charge on any atom is 0.123 e. The highest BCUT2D eigenvalue weighted by Crippen LogP contribution is 2.37. The van der Waals surface area contributed by atoms with Crippen molar-refractivity contribution in [3.63, 3.8) is 0 Å². The second-order valence-corrected chi connectivity index (χ2v) is 6.66. The fourth-order valence-electron chi connectivity index (χ4n) is 4.03. The molecule has 1 aliphatic carbocycles. The quantitative estimate of drug-likeness (QED) is 0.433. The maximum absolute atomic E-state index is 13.3. The van der Waals surface area contributed by atoms with Crippen LogP contribution in [-0.2, 0) is 12.8 Å². The van der Waals surface area contributed by atoms with E-state index in [0.29, 0.717) is 0 Å². The van der Waals surface area contributed by atoms with Crippen molar-refractivity contribution in [1.29, 1.82) is 0 Å². The summed E-state index contributed by atoms with van der Waals surface area (Å²) in [5, 5.41) is 2.42.